The summed E-state index contributed by atoms with van der Waals surface area (Å²) in [4.78, 5) is 23.7. The van der Waals surface area contributed by atoms with Gasteiger partial charge in [-0.15, -0.1) is 0 Å². The van der Waals surface area contributed by atoms with Crippen LogP contribution in [0.1, 0.15) is 43.7 Å². The highest BCUT2D eigenvalue weighted by Gasteiger charge is 2.66. The molecule has 2 spiro atoms. The first-order valence-corrected chi connectivity index (χ1v) is 10.6. The van der Waals surface area contributed by atoms with Crippen molar-refractivity contribution in [3.8, 4) is 11.1 Å². The van der Waals surface area contributed by atoms with Gasteiger partial charge >= 0.3 is 0 Å². The van der Waals surface area contributed by atoms with E-state index in [4.69, 9.17) is 17.3 Å². The van der Waals surface area contributed by atoms with E-state index in [-0.39, 0.29) is 11.3 Å². The zero-order chi connectivity index (χ0) is 21.1. The van der Waals surface area contributed by atoms with Crippen molar-refractivity contribution in [3.05, 3.63) is 65.0 Å². The first kappa shape index (κ1) is 18.9. The molecule has 2 N–H and O–H groups in total. The Morgan fingerprint density at radius 1 is 1.17 bits per heavy atom. The number of fused-ring (bicyclic) bond motifs is 3. The molecule has 2 aliphatic carbocycles. The summed E-state index contributed by atoms with van der Waals surface area (Å²) in [5, 5.41) is 0. The fraction of sp³-hybridized carbons (Fsp3) is 0.400. The molecule has 1 heterocycles. The van der Waals surface area contributed by atoms with Crippen molar-refractivity contribution in [2.24, 2.45) is 22.1 Å². The monoisotopic (exact) mass is 398 g/mol. The second-order valence-electron chi connectivity index (χ2n) is 9.22. The number of benzene rings is 2. The lowest BCUT2D eigenvalue weighted by molar-refractivity contribution is -0.136. The van der Waals surface area contributed by atoms with Crippen LogP contribution in [-0.4, -0.2) is 23.8 Å². The van der Waals surface area contributed by atoms with E-state index in [1.807, 2.05) is 24.3 Å². The number of hydrogen-bond acceptors (Lipinski definition) is 3. The predicted octanol–water partition coefficient (Wildman–Crippen LogP) is 4.64. The molecule has 5 rings (SSSR count). The van der Waals surface area contributed by atoms with Crippen LogP contribution in [0.4, 0.5) is 5.69 Å². The van der Waals surface area contributed by atoms with E-state index in [1.54, 1.807) is 7.05 Å². The molecule has 1 fully saturated rings. The molecule has 0 aromatic heterocycles. The smallest absolute Gasteiger partial charge is 0.262 e. The Bertz CT molecular complexity index is 1120. The summed E-state index contributed by atoms with van der Waals surface area (Å²) in [5.41, 5.74) is 9.89. The van der Waals surface area contributed by atoms with Gasteiger partial charge in [-0.1, -0.05) is 50.1 Å². The molecule has 0 radical (unpaired) electrons. The maximum Gasteiger partial charge on any atom is 0.262 e. The SMILES string of the molecule is [C-]#[N+]c1cccc(-c2ccc3c(c2)C2(N=C(N)N(C)C2=O)C2(CCC(C)CC2)C3)c1. The minimum atomic E-state index is -0.922. The fourth-order valence-electron chi connectivity index (χ4n) is 5.80. The summed E-state index contributed by atoms with van der Waals surface area (Å²) in [6, 6.07) is 14.0. The summed E-state index contributed by atoms with van der Waals surface area (Å²) in [5.74, 6) is 0.991. The minimum Gasteiger partial charge on any atom is -0.369 e. The molecule has 5 heteroatoms. The van der Waals surface area contributed by atoms with Gasteiger partial charge in [0.25, 0.3) is 5.91 Å². The zero-order valence-corrected chi connectivity index (χ0v) is 17.5. The molecule has 152 valence electrons. The number of carbonyl (C=O) groups is 1. The van der Waals surface area contributed by atoms with E-state index >= 15 is 0 Å². The van der Waals surface area contributed by atoms with Crippen molar-refractivity contribution in [2.75, 3.05) is 7.05 Å². The molecule has 5 nitrogen and oxygen atoms in total. The maximum atomic E-state index is 13.7. The van der Waals surface area contributed by atoms with Crippen LogP contribution in [-0.2, 0) is 16.8 Å². The second-order valence-corrected chi connectivity index (χ2v) is 9.22. The molecule has 3 aliphatic rings. The topological polar surface area (TPSA) is 63.0 Å². The molecule has 1 unspecified atom stereocenters. The normalized spacial score (nSPS) is 29.9. The standard InChI is InChI=1S/C25H26N4O/c1-16-9-11-24(12-10-16)15-19-8-7-18(17-5-4-6-20(13-17)27-2)14-21(19)25(24)22(30)29(3)23(26)28-25/h4-8,13-14,16H,9-12,15H2,1,3H3,(H2,26,28). The van der Waals surface area contributed by atoms with Gasteiger partial charge in [0.15, 0.2) is 17.2 Å². The molecule has 2 aromatic carbocycles. The quantitative estimate of drug-likeness (QED) is 0.712. The summed E-state index contributed by atoms with van der Waals surface area (Å²) >= 11 is 0. The summed E-state index contributed by atoms with van der Waals surface area (Å²) in [7, 11) is 1.73. The van der Waals surface area contributed by atoms with Crippen molar-refractivity contribution in [1.82, 2.24) is 4.90 Å². The summed E-state index contributed by atoms with van der Waals surface area (Å²) in [6.45, 7) is 9.61. The highest BCUT2D eigenvalue weighted by Crippen LogP contribution is 2.62. The molecule has 0 saturated heterocycles. The molecule has 30 heavy (non-hydrogen) atoms. The number of aliphatic imine (C=N–C) groups is 1. The highest BCUT2D eigenvalue weighted by atomic mass is 16.2. The Morgan fingerprint density at radius 2 is 1.90 bits per heavy atom. The first-order chi connectivity index (χ1) is 14.4. The second kappa shape index (κ2) is 6.43. The number of nitrogens with two attached hydrogens (primary N) is 1. The van der Waals surface area contributed by atoms with Gasteiger partial charge in [-0.2, -0.15) is 0 Å². The lowest BCUT2D eigenvalue weighted by Crippen LogP contribution is -2.50. The third-order valence-electron chi connectivity index (χ3n) is 7.58. The van der Waals surface area contributed by atoms with Gasteiger partial charge in [-0.3, -0.25) is 9.69 Å². The molecular formula is C25H26N4O. The van der Waals surface area contributed by atoms with Crippen LogP contribution in [0.15, 0.2) is 47.5 Å². The number of amides is 1. The Labute approximate surface area is 177 Å². The number of nitrogens with zero attached hydrogens (tertiary/aromatic N) is 3. The van der Waals surface area contributed by atoms with Crippen LogP contribution in [0.25, 0.3) is 16.0 Å². The number of carbonyl (C=O) groups excluding carboxylic acids is 1. The highest BCUT2D eigenvalue weighted by molar-refractivity contribution is 6.08. The maximum absolute atomic E-state index is 13.7. The van der Waals surface area contributed by atoms with E-state index in [1.165, 1.54) is 10.5 Å². The largest absolute Gasteiger partial charge is 0.369 e. The Kier molecular flexibility index (Phi) is 4.05. The lowest BCUT2D eigenvalue weighted by Gasteiger charge is -2.45. The van der Waals surface area contributed by atoms with Crippen LogP contribution in [0.2, 0.25) is 0 Å². The Balaban J connectivity index is 1.70. The number of rotatable bonds is 1. The van der Waals surface area contributed by atoms with Crippen LogP contribution in [0.3, 0.4) is 0 Å². The van der Waals surface area contributed by atoms with Crippen molar-refractivity contribution >= 4 is 17.6 Å². The van der Waals surface area contributed by atoms with Gasteiger partial charge in [-0.05, 0) is 59.6 Å². The van der Waals surface area contributed by atoms with Gasteiger partial charge in [-0.25, -0.2) is 9.84 Å². The van der Waals surface area contributed by atoms with Crippen molar-refractivity contribution in [1.29, 1.82) is 0 Å². The van der Waals surface area contributed by atoms with Crippen molar-refractivity contribution in [2.45, 2.75) is 44.6 Å². The molecule has 1 atom stereocenters. The van der Waals surface area contributed by atoms with Gasteiger partial charge in [0.1, 0.15) is 0 Å². The molecule has 1 amide bonds. The molecule has 1 aliphatic heterocycles. The van der Waals surface area contributed by atoms with Crippen LogP contribution in [0.5, 0.6) is 0 Å². The minimum absolute atomic E-state index is 0.000335. The van der Waals surface area contributed by atoms with Crippen molar-refractivity contribution in [3.63, 3.8) is 0 Å². The lowest BCUT2D eigenvalue weighted by atomic mass is 9.60. The average Bonchev–Trinajstić information content (AvgIpc) is 3.16. The molecule has 2 aromatic rings. The third kappa shape index (κ3) is 2.40. The van der Waals surface area contributed by atoms with E-state index in [0.29, 0.717) is 17.6 Å². The van der Waals surface area contributed by atoms with E-state index in [2.05, 4.69) is 30.0 Å². The number of guanidine groups is 1. The van der Waals surface area contributed by atoms with Gasteiger partial charge in [0.2, 0.25) is 0 Å². The van der Waals surface area contributed by atoms with Crippen LogP contribution in [0, 0.1) is 17.9 Å². The fourth-order valence-corrected chi connectivity index (χ4v) is 5.80. The zero-order valence-electron chi connectivity index (χ0n) is 17.5. The molecular weight excluding hydrogens is 372 g/mol. The number of likely N-dealkylation sites (N-methyl/N-ethyl adjacent to an activating group) is 1. The predicted molar refractivity (Wildman–Crippen MR) is 118 cm³/mol. The van der Waals surface area contributed by atoms with E-state index in [9.17, 15) is 4.79 Å². The van der Waals surface area contributed by atoms with Crippen molar-refractivity contribution < 1.29 is 4.79 Å². The third-order valence-corrected chi connectivity index (χ3v) is 7.58. The van der Waals surface area contributed by atoms with Crippen LogP contribution >= 0.6 is 0 Å². The first-order valence-electron chi connectivity index (χ1n) is 10.6. The van der Waals surface area contributed by atoms with Gasteiger partial charge in [0.05, 0.1) is 6.57 Å². The average molecular weight is 399 g/mol. The Morgan fingerprint density at radius 3 is 2.57 bits per heavy atom. The number of hydrogen-bond donors (Lipinski definition) is 1. The molecule has 1 saturated carbocycles. The van der Waals surface area contributed by atoms with E-state index in [0.717, 1.165) is 48.8 Å². The Hall–Kier alpha value is -3.13. The summed E-state index contributed by atoms with van der Waals surface area (Å²) in [6.07, 6.45) is 5.07. The van der Waals surface area contributed by atoms with Gasteiger partial charge in [0, 0.05) is 12.5 Å². The van der Waals surface area contributed by atoms with E-state index < -0.39 is 5.54 Å². The summed E-state index contributed by atoms with van der Waals surface area (Å²) < 4.78 is 0. The van der Waals surface area contributed by atoms with Gasteiger partial charge < -0.3 is 5.73 Å². The van der Waals surface area contributed by atoms with Crippen LogP contribution < -0.4 is 5.73 Å². The molecule has 0 bridgehead atoms.